The quantitative estimate of drug-likeness (QED) is 0.488. The number of para-hydroxylation sites is 1. The fraction of sp³-hybridized carbons (Fsp3) is 0.136. The molecule has 0 radical (unpaired) electrons. The molecule has 0 aliphatic rings. The number of anilines is 1. The van der Waals surface area contributed by atoms with Gasteiger partial charge in [-0.1, -0.05) is 24.3 Å². The molecule has 2 aromatic carbocycles. The normalized spacial score (nSPS) is 11.6. The standard InChI is InChI=1S/C22H20FN3O3S/c1-3-29-21-11-10-16(13-18(21)23)30(27,28)25-19-9-5-4-8-17(19)20-14-26-12-6-7-15(2)22(26)24-20/h4-14,25H,3H2,1-2H3. The summed E-state index contributed by atoms with van der Waals surface area (Å²) < 4.78 is 49.5. The van der Waals surface area contributed by atoms with Crippen LogP contribution in [0.3, 0.4) is 0 Å². The second-order valence-electron chi connectivity index (χ2n) is 6.72. The minimum atomic E-state index is -4.02. The molecule has 4 aromatic rings. The van der Waals surface area contributed by atoms with Gasteiger partial charge >= 0.3 is 0 Å². The summed E-state index contributed by atoms with van der Waals surface area (Å²) in [6, 6.07) is 14.4. The summed E-state index contributed by atoms with van der Waals surface area (Å²) in [6.07, 6.45) is 3.72. The fourth-order valence-corrected chi connectivity index (χ4v) is 4.30. The molecule has 30 heavy (non-hydrogen) atoms. The van der Waals surface area contributed by atoms with Gasteiger partial charge in [0.2, 0.25) is 0 Å². The van der Waals surface area contributed by atoms with Gasteiger partial charge in [0.05, 0.1) is 22.9 Å². The number of ether oxygens (including phenoxy) is 1. The molecule has 0 amide bonds. The van der Waals surface area contributed by atoms with Crippen molar-refractivity contribution in [1.82, 2.24) is 9.38 Å². The highest BCUT2D eigenvalue weighted by Crippen LogP contribution is 2.30. The zero-order chi connectivity index (χ0) is 21.3. The summed E-state index contributed by atoms with van der Waals surface area (Å²) in [6.45, 7) is 3.97. The van der Waals surface area contributed by atoms with Crippen LogP contribution in [0.25, 0.3) is 16.9 Å². The van der Waals surface area contributed by atoms with Crippen LogP contribution in [0.1, 0.15) is 12.5 Å². The third kappa shape index (κ3) is 3.73. The minimum absolute atomic E-state index is 0.0110. The number of benzene rings is 2. The summed E-state index contributed by atoms with van der Waals surface area (Å²) in [7, 11) is -4.02. The highest BCUT2D eigenvalue weighted by molar-refractivity contribution is 7.92. The lowest BCUT2D eigenvalue weighted by Gasteiger charge is -2.12. The third-order valence-corrected chi connectivity index (χ3v) is 6.00. The van der Waals surface area contributed by atoms with Crippen molar-refractivity contribution in [3.05, 3.63) is 78.4 Å². The number of rotatable bonds is 6. The van der Waals surface area contributed by atoms with Crippen molar-refractivity contribution < 1.29 is 17.5 Å². The second-order valence-corrected chi connectivity index (χ2v) is 8.41. The van der Waals surface area contributed by atoms with E-state index in [9.17, 15) is 12.8 Å². The first-order chi connectivity index (χ1) is 14.4. The molecular formula is C22H20FN3O3S. The van der Waals surface area contributed by atoms with E-state index in [1.54, 1.807) is 31.2 Å². The predicted molar refractivity (Wildman–Crippen MR) is 114 cm³/mol. The highest BCUT2D eigenvalue weighted by atomic mass is 32.2. The molecular weight excluding hydrogens is 405 g/mol. The zero-order valence-electron chi connectivity index (χ0n) is 16.5. The number of aryl methyl sites for hydroxylation is 1. The Morgan fingerprint density at radius 1 is 1.13 bits per heavy atom. The molecule has 0 atom stereocenters. The van der Waals surface area contributed by atoms with Crippen LogP contribution in [0.15, 0.2) is 71.9 Å². The number of nitrogens with zero attached hydrogens (tertiary/aromatic N) is 2. The van der Waals surface area contributed by atoms with Gasteiger partial charge in [-0.05, 0) is 49.7 Å². The maximum atomic E-state index is 14.2. The second kappa shape index (κ2) is 7.79. The molecule has 0 unspecified atom stereocenters. The molecule has 0 saturated heterocycles. The molecule has 0 saturated carbocycles. The molecule has 0 spiro atoms. The van der Waals surface area contributed by atoms with Crippen molar-refractivity contribution in [1.29, 1.82) is 0 Å². The average Bonchev–Trinajstić information content (AvgIpc) is 3.15. The first-order valence-electron chi connectivity index (χ1n) is 9.38. The number of halogens is 1. The predicted octanol–water partition coefficient (Wildman–Crippen LogP) is 4.65. The molecule has 0 aliphatic carbocycles. The number of sulfonamides is 1. The maximum absolute atomic E-state index is 14.2. The van der Waals surface area contributed by atoms with E-state index in [0.717, 1.165) is 17.3 Å². The van der Waals surface area contributed by atoms with Gasteiger partial charge in [-0.15, -0.1) is 0 Å². The molecule has 0 fully saturated rings. The van der Waals surface area contributed by atoms with E-state index in [1.807, 2.05) is 35.9 Å². The Balaban J connectivity index is 1.72. The molecule has 6 nitrogen and oxygen atoms in total. The summed E-state index contributed by atoms with van der Waals surface area (Å²) in [5.74, 6) is -0.722. The lowest BCUT2D eigenvalue weighted by molar-refractivity contribution is 0.321. The Kier molecular flexibility index (Phi) is 5.17. The van der Waals surface area contributed by atoms with Crippen molar-refractivity contribution in [3.8, 4) is 17.0 Å². The third-order valence-electron chi connectivity index (χ3n) is 4.64. The smallest absolute Gasteiger partial charge is 0.262 e. The van der Waals surface area contributed by atoms with Crippen molar-refractivity contribution >= 4 is 21.4 Å². The molecule has 0 aliphatic heterocycles. The molecule has 0 bridgehead atoms. The van der Waals surface area contributed by atoms with E-state index >= 15 is 0 Å². The fourth-order valence-electron chi connectivity index (χ4n) is 3.20. The molecule has 2 heterocycles. The van der Waals surface area contributed by atoms with Crippen molar-refractivity contribution in [3.63, 3.8) is 0 Å². The van der Waals surface area contributed by atoms with E-state index in [0.29, 0.717) is 16.9 Å². The minimum Gasteiger partial charge on any atom is -0.491 e. The van der Waals surface area contributed by atoms with E-state index < -0.39 is 15.8 Å². The number of fused-ring (bicyclic) bond motifs is 1. The van der Waals surface area contributed by atoms with Gasteiger partial charge in [0.15, 0.2) is 11.6 Å². The van der Waals surface area contributed by atoms with Gasteiger partial charge in [-0.2, -0.15) is 0 Å². The zero-order valence-corrected chi connectivity index (χ0v) is 17.3. The van der Waals surface area contributed by atoms with Crippen LogP contribution in [0, 0.1) is 12.7 Å². The van der Waals surface area contributed by atoms with Gasteiger partial charge < -0.3 is 9.14 Å². The topological polar surface area (TPSA) is 72.7 Å². The first-order valence-corrected chi connectivity index (χ1v) is 10.9. The van der Waals surface area contributed by atoms with Gasteiger partial charge in [0, 0.05) is 18.0 Å². The van der Waals surface area contributed by atoms with E-state index in [-0.39, 0.29) is 17.3 Å². The van der Waals surface area contributed by atoms with Crippen LogP contribution >= 0.6 is 0 Å². The first kappa shape index (κ1) is 19.9. The van der Waals surface area contributed by atoms with Crippen LogP contribution in [0.5, 0.6) is 5.75 Å². The Bertz CT molecular complexity index is 1330. The molecule has 4 rings (SSSR count). The van der Waals surface area contributed by atoms with Crippen molar-refractivity contribution in [2.45, 2.75) is 18.7 Å². The van der Waals surface area contributed by atoms with Crippen LogP contribution in [-0.2, 0) is 10.0 Å². The maximum Gasteiger partial charge on any atom is 0.262 e. The van der Waals surface area contributed by atoms with Gasteiger partial charge in [0.1, 0.15) is 5.65 Å². The van der Waals surface area contributed by atoms with Gasteiger partial charge in [0.25, 0.3) is 10.0 Å². The Hall–Kier alpha value is -3.39. The average molecular weight is 425 g/mol. The van der Waals surface area contributed by atoms with Crippen molar-refractivity contribution in [2.75, 3.05) is 11.3 Å². The summed E-state index contributed by atoms with van der Waals surface area (Å²) in [4.78, 5) is 4.45. The van der Waals surface area contributed by atoms with Gasteiger partial charge in [-0.3, -0.25) is 4.72 Å². The van der Waals surface area contributed by atoms with Crippen LogP contribution in [0.4, 0.5) is 10.1 Å². The van der Waals surface area contributed by atoms with Crippen LogP contribution < -0.4 is 9.46 Å². The number of imidazole rings is 1. The number of aromatic nitrogens is 2. The number of pyridine rings is 1. The van der Waals surface area contributed by atoms with Crippen molar-refractivity contribution in [2.24, 2.45) is 0 Å². The lowest BCUT2D eigenvalue weighted by Crippen LogP contribution is -2.14. The van der Waals surface area contributed by atoms with E-state index in [4.69, 9.17) is 4.74 Å². The Morgan fingerprint density at radius 2 is 1.93 bits per heavy atom. The van der Waals surface area contributed by atoms with Gasteiger partial charge in [-0.25, -0.2) is 17.8 Å². The number of hydrogen-bond acceptors (Lipinski definition) is 4. The van der Waals surface area contributed by atoms with E-state index in [2.05, 4.69) is 9.71 Å². The van der Waals surface area contributed by atoms with E-state index in [1.165, 1.54) is 12.1 Å². The molecule has 1 N–H and O–H groups in total. The monoisotopic (exact) mass is 425 g/mol. The molecule has 2 aromatic heterocycles. The summed E-state index contributed by atoms with van der Waals surface area (Å²) in [5, 5.41) is 0. The SMILES string of the molecule is CCOc1ccc(S(=O)(=O)Nc2ccccc2-c2cn3cccc(C)c3n2)cc1F. The van der Waals surface area contributed by atoms with Crippen LogP contribution in [0.2, 0.25) is 0 Å². The number of nitrogens with one attached hydrogen (secondary N) is 1. The van der Waals surface area contributed by atoms with Crippen LogP contribution in [-0.4, -0.2) is 24.4 Å². The largest absolute Gasteiger partial charge is 0.491 e. The summed E-state index contributed by atoms with van der Waals surface area (Å²) >= 11 is 0. The Labute approximate surface area is 174 Å². The lowest BCUT2D eigenvalue weighted by atomic mass is 10.1. The Morgan fingerprint density at radius 3 is 2.67 bits per heavy atom. The molecule has 154 valence electrons. The molecule has 8 heteroatoms. The number of hydrogen-bond donors (Lipinski definition) is 1. The summed E-state index contributed by atoms with van der Waals surface area (Å²) in [5.41, 5.74) is 3.40. The highest BCUT2D eigenvalue weighted by Gasteiger charge is 2.19.